The average Bonchev–Trinajstić information content (AvgIpc) is 2.95. The molecule has 1 aromatic carbocycles. The van der Waals surface area contributed by atoms with Gasteiger partial charge in [0.2, 0.25) is 0 Å². The Balaban J connectivity index is 1.72. The van der Waals surface area contributed by atoms with Gasteiger partial charge in [-0.1, -0.05) is 30.7 Å². The molecule has 122 valence electrons. The van der Waals surface area contributed by atoms with Crippen molar-refractivity contribution in [2.75, 3.05) is 0 Å². The molecule has 0 unspecified atom stereocenters. The number of Topliss-reactive ketones (excluding diaryl/α,β-unsaturated/α-hetero) is 1. The van der Waals surface area contributed by atoms with E-state index in [4.69, 9.17) is 11.6 Å². The Hall–Kier alpha value is -2.27. The van der Waals surface area contributed by atoms with Gasteiger partial charge in [0, 0.05) is 24.1 Å². The van der Waals surface area contributed by atoms with E-state index in [1.807, 2.05) is 24.3 Å². The molecule has 0 radical (unpaired) electrons. The number of carbonyl (C=O) groups excluding carboxylic acids is 1. The number of halogens is 1. The fraction of sp³-hybridized carbons (Fsp3) is 0.333. The van der Waals surface area contributed by atoms with E-state index >= 15 is 0 Å². The van der Waals surface area contributed by atoms with Gasteiger partial charge in [0.1, 0.15) is 0 Å². The highest BCUT2D eigenvalue weighted by Crippen LogP contribution is 2.32. The minimum Gasteiger partial charge on any atom is -0.294 e. The molecule has 0 fully saturated rings. The number of hydrogen-bond donors (Lipinski definition) is 0. The molecule has 2 aromatic heterocycles. The molecular formula is C18H17ClN4O. The van der Waals surface area contributed by atoms with Crippen LogP contribution in [0.5, 0.6) is 0 Å². The average molecular weight is 341 g/mol. The summed E-state index contributed by atoms with van der Waals surface area (Å²) in [6.07, 6.45) is 4.79. The van der Waals surface area contributed by atoms with Gasteiger partial charge < -0.3 is 0 Å². The van der Waals surface area contributed by atoms with Crippen LogP contribution < -0.4 is 0 Å². The van der Waals surface area contributed by atoms with Crippen molar-refractivity contribution in [3.05, 3.63) is 58.1 Å². The Bertz CT molecular complexity index is 917. The summed E-state index contributed by atoms with van der Waals surface area (Å²) in [5.74, 6) is 1.59. The predicted molar refractivity (Wildman–Crippen MR) is 91.6 cm³/mol. The summed E-state index contributed by atoms with van der Waals surface area (Å²) in [5, 5.41) is 5.11. The SMILES string of the molecule is CCCc1nc2nc3c(cn2n1)C(=O)C[C@@H](c1ccc(Cl)cc1)C3. The zero-order chi connectivity index (χ0) is 16.7. The molecule has 3 aromatic rings. The Morgan fingerprint density at radius 1 is 1.21 bits per heavy atom. The molecule has 1 aliphatic carbocycles. The molecule has 0 aliphatic heterocycles. The lowest BCUT2D eigenvalue weighted by molar-refractivity contribution is 0.0962. The van der Waals surface area contributed by atoms with Gasteiger partial charge in [0.25, 0.3) is 5.78 Å². The third-order valence-corrected chi connectivity index (χ3v) is 4.69. The number of ketones is 1. The van der Waals surface area contributed by atoms with Crippen molar-refractivity contribution in [3.63, 3.8) is 0 Å². The highest BCUT2D eigenvalue weighted by Gasteiger charge is 2.28. The maximum absolute atomic E-state index is 12.6. The van der Waals surface area contributed by atoms with E-state index in [1.54, 1.807) is 10.7 Å². The van der Waals surface area contributed by atoms with E-state index in [0.717, 1.165) is 36.3 Å². The summed E-state index contributed by atoms with van der Waals surface area (Å²) in [4.78, 5) is 21.6. The molecule has 0 spiro atoms. The lowest BCUT2D eigenvalue weighted by Gasteiger charge is -2.23. The normalized spacial score (nSPS) is 17.2. The van der Waals surface area contributed by atoms with Crippen LogP contribution in [0, 0.1) is 0 Å². The monoisotopic (exact) mass is 340 g/mol. The first kappa shape index (κ1) is 15.3. The van der Waals surface area contributed by atoms with Gasteiger partial charge in [-0.15, -0.1) is 5.10 Å². The van der Waals surface area contributed by atoms with Gasteiger partial charge in [0.05, 0.1) is 11.3 Å². The van der Waals surface area contributed by atoms with E-state index in [0.29, 0.717) is 22.8 Å². The predicted octanol–water partition coefficient (Wildman–Crippen LogP) is 3.64. The van der Waals surface area contributed by atoms with Crippen molar-refractivity contribution in [1.82, 2.24) is 19.6 Å². The summed E-state index contributed by atoms with van der Waals surface area (Å²) in [7, 11) is 0. The van der Waals surface area contributed by atoms with Crippen LogP contribution >= 0.6 is 11.6 Å². The van der Waals surface area contributed by atoms with Crippen molar-refractivity contribution in [2.24, 2.45) is 0 Å². The first-order chi connectivity index (χ1) is 11.6. The van der Waals surface area contributed by atoms with E-state index in [2.05, 4.69) is 22.0 Å². The number of aromatic nitrogens is 4. The second-order valence-electron chi connectivity index (χ2n) is 6.20. The van der Waals surface area contributed by atoms with E-state index in [9.17, 15) is 4.79 Å². The van der Waals surface area contributed by atoms with Gasteiger partial charge in [0.15, 0.2) is 11.6 Å². The van der Waals surface area contributed by atoms with E-state index in [-0.39, 0.29) is 11.7 Å². The third kappa shape index (κ3) is 2.69. The van der Waals surface area contributed by atoms with Crippen LogP contribution in [-0.4, -0.2) is 25.4 Å². The fourth-order valence-corrected chi connectivity index (χ4v) is 3.35. The lowest BCUT2D eigenvalue weighted by atomic mass is 9.82. The molecule has 0 amide bonds. The lowest BCUT2D eigenvalue weighted by Crippen LogP contribution is -2.21. The van der Waals surface area contributed by atoms with E-state index < -0.39 is 0 Å². The van der Waals surface area contributed by atoms with Crippen LogP contribution in [0.3, 0.4) is 0 Å². The maximum atomic E-state index is 12.6. The fourth-order valence-electron chi connectivity index (χ4n) is 3.23. The second-order valence-corrected chi connectivity index (χ2v) is 6.64. The molecule has 4 rings (SSSR count). The summed E-state index contributed by atoms with van der Waals surface area (Å²) < 4.78 is 1.63. The molecule has 0 N–H and O–H groups in total. The minimum atomic E-state index is 0.109. The standard InChI is InChI=1S/C18H17ClN4O/c1-2-3-17-21-18-20-15-8-12(11-4-6-13(19)7-5-11)9-16(24)14(15)10-23(18)22-17/h4-7,10,12H,2-3,8-9H2,1H3/t12-/m0/s1. The molecule has 24 heavy (non-hydrogen) atoms. The molecule has 2 heterocycles. The smallest absolute Gasteiger partial charge is 0.252 e. The van der Waals surface area contributed by atoms with Crippen molar-refractivity contribution in [3.8, 4) is 0 Å². The Morgan fingerprint density at radius 3 is 2.75 bits per heavy atom. The van der Waals surface area contributed by atoms with Crippen LogP contribution in [0.1, 0.15) is 53.1 Å². The number of carbonyl (C=O) groups is 1. The Labute approximate surface area is 144 Å². The van der Waals surface area contributed by atoms with Crippen LogP contribution in [0.4, 0.5) is 0 Å². The van der Waals surface area contributed by atoms with Crippen molar-refractivity contribution in [1.29, 1.82) is 0 Å². The number of aryl methyl sites for hydroxylation is 1. The summed E-state index contributed by atoms with van der Waals surface area (Å²) in [6.45, 7) is 2.09. The van der Waals surface area contributed by atoms with E-state index in [1.165, 1.54) is 0 Å². The number of rotatable bonds is 3. The molecule has 0 saturated carbocycles. The van der Waals surface area contributed by atoms with Gasteiger partial charge in [-0.05, 0) is 36.5 Å². The zero-order valence-corrected chi connectivity index (χ0v) is 14.1. The first-order valence-electron chi connectivity index (χ1n) is 8.18. The number of hydrogen-bond acceptors (Lipinski definition) is 4. The largest absolute Gasteiger partial charge is 0.294 e. The van der Waals surface area contributed by atoms with Crippen molar-refractivity contribution in [2.45, 2.75) is 38.5 Å². The molecule has 0 bridgehead atoms. The third-order valence-electron chi connectivity index (χ3n) is 4.44. The van der Waals surface area contributed by atoms with Gasteiger partial charge in [-0.3, -0.25) is 4.79 Å². The molecule has 1 atom stereocenters. The Morgan fingerprint density at radius 2 is 2.00 bits per heavy atom. The molecule has 5 nitrogen and oxygen atoms in total. The van der Waals surface area contributed by atoms with Crippen LogP contribution in [0.15, 0.2) is 30.5 Å². The topological polar surface area (TPSA) is 60.1 Å². The minimum absolute atomic E-state index is 0.109. The number of fused-ring (bicyclic) bond motifs is 2. The van der Waals surface area contributed by atoms with Crippen molar-refractivity contribution < 1.29 is 4.79 Å². The molecule has 0 saturated heterocycles. The quantitative estimate of drug-likeness (QED) is 0.730. The highest BCUT2D eigenvalue weighted by molar-refractivity contribution is 6.30. The summed E-state index contributed by atoms with van der Waals surface area (Å²) in [6, 6.07) is 7.70. The number of nitrogens with zero attached hydrogens (tertiary/aromatic N) is 4. The van der Waals surface area contributed by atoms with Gasteiger partial charge in [-0.25, -0.2) is 9.50 Å². The molecule has 1 aliphatic rings. The van der Waals surface area contributed by atoms with Gasteiger partial charge >= 0.3 is 0 Å². The first-order valence-corrected chi connectivity index (χ1v) is 8.55. The second kappa shape index (κ2) is 5.98. The molecule has 6 heteroatoms. The summed E-state index contributed by atoms with van der Waals surface area (Å²) in [5.41, 5.74) is 2.60. The number of benzene rings is 1. The zero-order valence-electron chi connectivity index (χ0n) is 13.4. The Kier molecular flexibility index (Phi) is 3.81. The summed E-state index contributed by atoms with van der Waals surface area (Å²) >= 11 is 5.96. The molecular weight excluding hydrogens is 324 g/mol. The van der Waals surface area contributed by atoms with Crippen LogP contribution in [-0.2, 0) is 12.8 Å². The maximum Gasteiger partial charge on any atom is 0.252 e. The van der Waals surface area contributed by atoms with Crippen molar-refractivity contribution >= 4 is 23.2 Å². The van der Waals surface area contributed by atoms with Crippen LogP contribution in [0.2, 0.25) is 5.02 Å². The van der Waals surface area contributed by atoms with Crippen LogP contribution in [0.25, 0.3) is 5.78 Å². The van der Waals surface area contributed by atoms with Gasteiger partial charge in [-0.2, -0.15) is 4.98 Å². The highest BCUT2D eigenvalue weighted by atomic mass is 35.5.